The Bertz CT molecular complexity index is 428. The third-order valence-electron chi connectivity index (χ3n) is 1.75. The predicted octanol–water partition coefficient (Wildman–Crippen LogP) is 0.922. The zero-order valence-electron chi connectivity index (χ0n) is 9.73. The summed E-state index contributed by atoms with van der Waals surface area (Å²) in [6.45, 7) is 3.01. The molecule has 0 aliphatic carbocycles. The molecule has 1 rings (SSSR count). The van der Waals surface area contributed by atoms with Crippen LogP contribution in [-0.4, -0.2) is 22.5 Å². The molecule has 6 heteroatoms. The Labute approximate surface area is 99.1 Å². The summed E-state index contributed by atoms with van der Waals surface area (Å²) in [4.78, 5) is 26.1. The van der Waals surface area contributed by atoms with Crippen LogP contribution in [0.3, 0.4) is 0 Å². The van der Waals surface area contributed by atoms with Crippen molar-refractivity contribution in [2.24, 2.45) is 5.10 Å². The molecule has 1 aromatic rings. The van der Waals surface area contributed by atoms with Crippen LogP contribution in [0.5, 0.6) is 0 Å². The average Bonchev–Trinajstić information content (AvgIpc) is 2.27. The summed E-state index contributed by atoms with van der Waals surface area (Å²) >= 11 is 0. The van der Waals surface area contributed by atoms with Gasteiger partial charge in [0.1, 0.15) is 5.82 Å². The Kier molecular flexibility index (Phi) is 4.80. The van der Waals surface area contributed by atoms with Gasteiger partial charge in [0.15, 0.2) is 0 Å². The molecule has 0 spiro atoms. The van der Waals surface area contributed by atoms with Gasteiger partial charge in [-0.3, -0.25) is 9.59 Å². The van der Waals surface area contributed by atoms with Crippen molar-refractivity contribution in [1.29, 1.82) is 0 Å². The average molecular weight is 234 g/mol. The largest absolute Gasteiger partial charge is 0.310 e. The monoisotopic (exact) mass is 234 g/mol. The van der Waals surface area contributed by atoms with Crippen molar-refractivity contribution in [3.8, 4) is 0 Å². The number of hydrogen-bond donors (Lipinski definition) is 2. The van der Waals surface area contributed by atoms with Gasteiger partial charge in [-0.1, -0.05) is 6.07 Å². The van der Waals surface area contributed by atoms with Crippen molar-refractivity contribution >= 4 is 23.3 Å². The fourth-order valence-electron chi connectivity index (χ4n) is 1.07. The second-order valence-corrected chi connectivity index (χ2v) is 3.45. The van der Waals surface area contributed by atoms with E-state index < -0.39 is 0 Å². The molecule has 90 valence electrons. The van der Waals surface area contributed by atoms with Crippen molar-refractivity contribution < 1.29 is 9.59 Å². The van der Waals surface area contributed by atoms with Crippen molar-refractivity contribution in [2.75, 3.05) is 5.32 Å². The third-order valence-corrected chi connectivity index (χ3v) is 1.75. The first kappa shape index (κ1) is 12.8. The quantitative estimate of drug-likeness (QED) is 0.600. The van der Waals surface area contributed by atoms with Gasteiger partial charge in [-0.2, -0.15) is 5.10 Å². The Balaban J connectivity index is 2.45. The van der Waals surface area contributed by atoms with E-state index in [0.717, 1.165) is 0 Å². The molecule has 6 nitrogen and oxygen atoms in total. The summed E-state index contributed by atoms with van der Waals surface area (Å²) in [5.41, 5.74) is 2.79. The number of pyridine rings is 1. The molecule has 17 heavy (non-hydrogen) atoms. The summed E-state index contributed by atoms with van der Waals surface area (Å²) in [5, 5.41) is 6.36. The number of rotatable bonds is 4. The number of nitrogens with zero attached hydrogens (tertiary/aromatic N) is 2. The summed E-state index contributed by atoms with van der Waals surface area (Å²) in [6.07, 6.45) is 1.70. The van der Waals surface area contributed by atoms with Crippen molar-refractivity contribution in [3.05, 3.63) is 24.4 Å². The SMILES string of the molecule is CC(=O)N/N=C(/C)CC(=O)Nc1ccccn1. The van der Waals surface area contributed by atoms with Gasteiger partial charge >= 0.3 is 0 Å². The van der Waals surface area contributed by atoms with Crippen molar-refractivity contribution in [3.63, 3.8) is 0 Å². The number of aromatic nitrogens is 1. The fourth-order valence-corrected chi connectivity index (χ4v) is 1.07. The van der Waals surface area contributed by atoms with Crippen LogP contribution in [0.1, 0.15) is 20.3 Å². The maximum atomic E-state index is 11.5. The normalized spacial score (nSPS) is 10.8. The number of hydrazone groups is 1. The lowest BCUT2D eigenvalue weighted by Crippen LogP contribution is -2.19. The smallest absolute Gasteiger partial charge is 0.236 e. The summed E-state index contributed by atoms with van der Waals surface area (Å²) in [5.74, 6) is -0.00499. The lowest BCUT2D eigenvalue weighted by atomic mass is 10.3. The molecule has 1 aromatic heterocycles. The maximum Gasteiger partial charge on any atom is 0.236 e. The highest BCUT2D eigenvalue weighted by Gasteiger charge is 2.04. The Morgan fingerprint density at radius 2 is 2.12 bits per heavy atom. The summed E-state index contributed by atoms with van der Waals surface area (Å²) in [7, 11) is 0. The van der Waals surface area contributed by atoms with E-state index in [1.807, 2.05) is 0 Å². The second kappa shape index (κ2) is 6.37. The zero-order valence-corrected chi connectivity index (χ0v) is 9.73. The highest BCUT2D eigenvalue weighted by atomic mass is 16.2. The van der Waals surface area contributed by atoms with Crippen LogP contribution in [0.15, 0.2) is 29.5 Å². The molecule has 0 saturated carbocycles. The highest BCUT2D eigenvalue weighted by Crippen LogP contribution is 2.00. The molecule has 0 aromatic carbocycles. The van der Waals surface area contributed by atoms with Gasteiger partial charge in [0.05, 0.1) is 6.42 Å². The molecule has 2 N–H and O–H groups in total. The molecule has 2 amide bonds. The van der Waals surface area contributed by atoms with Gasteiger partial charge in [0, 0.05) is 18.8 Å². The molecule has 0 bridgehead atoms. The number of anilines is 1. The van der Waals surface area contributed by atoms with Crippen LogP contribution < -0.4 is 10.7 Å². The minimum atomic E-state index is -0.269. The fraction of sp³-hybridized carbons (Fsp3) is 0.273. The van der Waals surface area contributed by atoms with Crippen LogP contribution in [0.25, 0.3) is 0 Å². The molecule has 0 fully saturated rings. The topological polar surface area (TPSA) is 83.5 Å². The van der Waals surface area contributed by atoms with Crippen LogP contribution in [0, 0.1) is 0 Å². The maximum absolute atomic E-state index is 11.5. The Morgan fingerprint density at radius 3 is 2.71 bits per heavy atom. The molecular formula is C11H14N4O2. The summed E-state index contributed by atoms with van der Waals surface area (Å²) < 4.78 is 0. The van der Waals surface area contributed by atoms with E-state index in [1.54, 1.807) is 31.3 Å². The van der Waals surface area contributed by atoms with E-state index >= 15 is 0 Å². The van der Waals surface area contributed by atoms with E-state index in [2.05, 4.69) is 20.8 Å². The Hall–Kier alpha value is -2.24. The molecule has 0 aliphatic heterocycles. The molecule has 0 aliphatic rings. The standard InChI is InChI=1S/C11H14N4O2/c1-8(14-15-9(2)16)7-11(17)13-10-5-3-4-6-12-10/h3-6H,7H2,1-2H3,(H,15,16)(H,12,13,17)/b14-8-. The van der Waals surface area contributed by atoms with E-state index in [9.17, 15) is 9.59 Å². The molecule has 0 atom stereocenters. The number of hydrogen-bond acceptors (Lipinski definition) is 4. The lowest BCUT2D eigenvalue weighted by Gasteiger charge is -2.03. The van der Waals surface area contributed by atoms with Gasteiger partial charge in [-0.15, -0.1) is 0 Å². The first-order valence-electron chi connectivity index (χ1n) is 5.08. The van der Waals surface area contributed by atoms with Crippen LogP contribution in [0.2, 0.25) is 0 Å². The highest BCUT2D eigenvalue weighted by molar-refractivity contribution is 6.05. The number of amides is 2. The number of carbonyl (C=O) groups is 2. The van der Waals surface area contributed by atoms with Crippen LogP contribution in [0.4, 0.5) is 5.82 Å². The lowest BCUT2D eigenvalue weighted by molar-refractivity contribution is -0.119. The zero-order chi connectivity index (χ0) is 12.7. The molecular weight excluding hydrogens is 220 g/mol. The minimum Gasteiger partial charge on any atom is -0.310 e. The molecule has 1 heterocycles. The Morgan fingerprint density at radius 1 is 1.35 bits per heavy atom. The molecule has 0 unspecified atom stereocenters. The third kappa shape index (κ3) is 5.41. The van der Waals surface area contributed by atoms with E-state index in [0.29, 0.717) is 11.5 Å². The molecule has 0 saturated heterocycles. The first-order chi connectivity index (χ1) is 8.08. The van der Waals surface area contributed by atoms with Crippen molar-refractivity contribution in [2.45, 2.75) is 20.3 Å². The second-order valence-electron chi connectivity index (χ2n) is 3.45. The van der Waals surface area contributed by atoms with Gasteiger partial charge < -0.3 is 5.32 Å². The number of nitrogens with one attached hydrogen (secondary N) is 2. The van der Waals surface area contributed by atoms with E-state index in [1.165, 1.54) is 6.92 Å². The number of carbonyl (C=O) groups excluding carboxylic acids is 2. The van der Waals surface area contributed by atoms with Crippen molar-refractivity contribution in [1.82, 2.24) is 10.4 Å². The van der Waals surface area contributed by atoms with Gasteiger partial charge in [0.2, 0.25) is 11.8 Å². The van der Waals surface area contributed by atoms with Gasteiger partial charge in [-0.05, 0) is 19.1 Å². The van der Waals surface area contributed by atoms with Gasteiger partial charge in [-0.25, -0.2) is 10.4 Å². The molecule has 0 radical (unpaired) electrons. The van der Waals surface area contributed by atoms with E-state index in [-0.39, 0.29) is 18.2 Å². The summed E-state index contributed by atoms with van der Waals surface area (Å²) in [6, 6.07) is 5.23. The minimum absolute atomic E-state index is 0.108. The van der Waals surface area contributed by atoms with E-state index in [4.69, 9.17) is 0 Å². The first-order valence-corrected chi connectivity index (χ1v) is 5.08. The van der Waals surface area contributed by atoms with Crippen LogP contribution in [-0.2, 0) is 9.59 Å². The van der Waals surface area contributed by atoms with Gasteiger partial charge in [0.25, 0.3) is 0 Å². The van der Waals surface area contributed by atoms with Crippen LogP contribution >= 0.6 is 0 Å². The predicted molar refractivity (Wildman–Crippen MR) is 64.4 cm³/mol.